The third-order valence-electron chi connectivity index (χ3n) is 3.02. The van der Waals surface area contributed by atoms with Gasteiger partial charge in [-0.2, -0.15) is 0 Å². The molecule has 0 saturated heterocycles. The summed E-state index contributed by atoms with van der Waals surface area (Å²) in [6, 6.07) is 0. The average molecular weight is 354 g/mol. The van der Waals surface area contributed by atoms with Gasteiger partial charge in [0.1, 0.15) is 0 Å². The van der Waals surface area contributed by atoms with E-state index in [2.05, 4.69) is 27.7 Å². The third-order valence-corrected chi connectivity index (χ3v) is 10.5. The minimum absolute atomic E-state index is 0.810. The molecule has 0 aromatic heterocycles. The third kappa shape index (κ3) is 10.2. The predicted molar refractivity (Wildman–Crippen MR) is 77.7 cm³/mol. The van der Waals surface area contributed by atoms with E-state index in [1.54, 1.807) is 0 Å². The molecular formula is C15H34O3Zr. The summed E-state index contributed by atoms with van der Waals surface area (Å²) in [5.74, 6) is 0. The van der Waals surface area contributed by atoms with Crippen molar-refractivity contribution < 1.29 is 30.0 Å². The molecule has 0 amide bonds. The summed E-state index contributed by atoms with van der Waals surface area (Å²) in [7, 11) is 0. The molecule has 0 bridgehead atoms. The topological polar surface area (TPSA) is 27.7 Å². The van der Waals surface area contributed by atoms with E-state index in [-0.39, 0.29) is 0 Å². The van der Waals surface area contributed by atoms with Crippen LogP contribution in [-0.2, 0) is 30.0 Å². The van der Waals surface area contributed by atoms with E-state index < -0.39 is 21.6 Å². The van der Waals surface area contributed by atoms with Crippen LogP contribution in [0, 0.1) is 0 Å². The fraction of sp³-hybridized carbons (Fsp3) is 1.00. The molecule has 3 nitrogen and oxygen atoms in total. The van der Waals surface area contributed by atoms with Crippen LogP contribution in [0.1, 0.15) is 72.6 Å². The molecule has 0 aromatic carbocycles. The second kappa shape index (κ2) is 13.7. The van der Waals surface area contributed by atoms with E-state index in [1.807, 2.05) is 0 Å². The maximum absolute atomic E-state index is 6.17. The molecule has 0 aliphatic heterocycles. The van der Waals surface area contributed by atoms with Gasteiger partial charge < -0.3 is 0 Å². The van der Waals surface area contributed by atoms with Crippen molar-refractivity contribution in [2.75, 3.05) is 19.8 Å². The van der Waals surface area contributed by atoms with E-state index in [4.69, 9.17) is 8.44 Å². The fourth-order valence-corrected chi connectivity index (χ4v) is 8.31. The van der Waals surface area contributed by atoms with Gasteiger partial charge in [0.25, 0.3) is 0 Å². The standard InChI is InChI=1S/3C4H9O.C3H7.Zr/c3*1-2-3-4-5;1-3-2;/h3*2-4H2,1H3;1,3H2,2H3;/q3*-1;;+3. The van der Waals surface area contributed by atoms with Gasteiger partial charge in [-0.05, 0) is 0 Å². The zero-order valence-corrected chi connectivity index (χ0v) is 16.0. The molecule has 0 unspecified atom stereocenters. The summed E-state index contributed by atoms with van der Waals surface area (Å²) in [4.78, 5) is 0. The maximum atomic E-state index is 6.17. The van der Waals surface area contributed by atoms with Crippen LogP contribution >= 0.6 is 0 Å². The predicted octanol–water partition coefficient (Wildman–Crippen LogP) is 5.16. The summed E-state index contributed by atoms with van der Waals surface area (Å²) in [5.41, 5.74) is 0. The van der Waals surface area contributed by atoms with Gasteiger partial charge in [0.2, 0.25) is 0 Å². The fourth-order valence-electron chi connectivity index (χ4n) is 1.76. The first-order valence-electron chi connectivity index (χ1n) is 8.16. The summed E-state index contributed by atoms with van der Waals surface area (Å²) in [5, 5.41) is 0. The van der Waals surface area contributed by atoms with Crippen LogP contribution in [0.3, 0.4) is 0 Å². The van der Waals surface area contributed by atoms with Crippen LogP contribution in [0.4, 0.5) is 0 Å². The monoisotopic (exact) mass is 352 g/mol. The Kier molecular flexibility index (Phi) is 14.3. The van der Waals surface area contributed by atoms with Gasteiger partial charge in [0.15, 0.2) is 0 Å². The van der Waals surface area contributed by atoms with Crippen LogP contribution in [-0.4, -0.2) is 19.8 Å². The van der Waals surface area contributed by atoms with Crippen molar-refractivity contribution >= 4 is 0 Å². The van der Waals surface area contributed by atoms with Crippen LogP contribution in [0.15, 0.2) is 0 Å². The molecule has 0 heterocycles. The molecule has 0 atom stereocenters. The van der Waals surface area contributed by atoms with E-state index in [9.17, 15) is 0 Å². The summed E-state index contributed by atoms with van der Waals surface area (Å²) < 4.78 is 19.5. The normalized spacial score (nSPS) is 12.0. The molecule has 0 aliphatic rings. The first kappa shape index (κ1) is 19.8. The van der Waals surface area contributed by atoms with Gasteiger partial charge in [0, 0.05) is 0 Å². The molecule has 0 N–H and O–H groups in total. The number of rotatable bonds is 14. The van der Waals surface area contributed by atoms with E-state index >= 15 is 0 Å². The SMILES string of the molecule is CCCC[O][Zr]([CH2]CC)([O]CCCC)[O]CCCC. The number of hydrogen-bond acceptors (Lipinski definition) is 3. The van der Waals surface area contributed by atoms with Crippen LogP contribution < -0.4 is 0 Å². The van der Waals surface area contributed by atoms with Crippen molar-refractivity contribution in [3.63, 3.8) is 0 Å². The Labute approximate surface area is 126 Å². The number of unbranched alkanes of at least 4 members (excludes halogenated alkanes) is 3. The van der Waals surface area contributed by atoms with Crippen LogP contribution in [0.2, 0.25) is 4.13 Å². The van der Waals surface area contributed by atoms with Crippen LogP contribution in [0.5, 0.6) is 0 Å². The zero-order valence-electron chi connectivity index (χ0n) is 13.5. The molecule has 0 saturated carbocycles. The molecule has 0 aliphatic carbocycles. The molecular weight excluding hydrogens is 319 g/mol. The molecule has 116 valence electrons. The van der Waals surface area contributed by atoms with Crippen molar-refractivity contribution in [2.45, 2.75) is 76.8 Å². The zero-order chi connectivity index (χ0) is 14.4. The molecule has 0 aromatic rings. The second-order valence-electron chi connectivity index (χ2n) is 5.04. The number of hydrogen-bond donors (Lipinski definition) is 0. The quantitative estimate of drug-likeness (QED) is 0.403. The minimum atomic E-state index is -3.23. The molecule has 4 heteroatoms. The summed E-state index contributed by atoms with van der Waals surface area (Å²) >= 11 is -3.23. The van der Waals surface area contributed by atoms with Gasteiger partial charge in [-0.3, -0.25) is 0 Å². The Hall–Kier alpha value is 0.763. The molecule has 0 rings (SSSR count). The van der Waals surface area contributed by atoms with Crippen molar-refractivity contribution in [2.24, 2.45) is 0 Å². The van der Waals surface area contributed by atoms with Crippen molar-refractivity contribution in [1.82, 2.24) is 0 Å². The first-order chi connectivity index (χ1) is 9.24. The molecule has 0 spiro atoms. The van der Waals surface area contributed by atoms with Crippen molar-refractivity contribution in [1.29, 1.82) is 0 Å². The van der Waals surface area contributed by atoms with Gasteiger partial charge >= 0.3 is 127 Å². The van der Waals surface area contributed by atoms with E-state index in [0.717, 1.165) is 68.9 Å². The van der Waals surface area contributed by atoms with E-state index in [1.165, 1.54) is 0 Å². The Morgan fingerprint density at radius 3 is 1.21 bits per heavy atom. The Morgan fingerprint density at radius 2 is 0.947 bits per heavy atom. The Morgan fingerprint density at radius 1 is 0.579 bits per heavy atom. The van der Waals surface area contributed by atoms with Gasteiger partial charge in [-0.1, -0.05) is 0 Å². The van der Waals surface area contributed by atoms with Crippen molar-refractivity contribution in [3.8, 4) is 0 Å². The van der Waals surface area contributed by atoms with Gasteiger partial charge in [-0.25, -0.2) is 0 Å². The second-order valence-corrected chi connectivity index (χ2v) is 11.8. The summed E-state index contributed by atoms with van der Waals surface area (Å²) in [6.07, 6.45) is 7.92. The summed E-state index contributed by atoms with van der Waals surface area (Å²) in [6.45, 7) is 11.2. The van der Waals surface area contributed by atoms with Crippen molar-refractivity contribution in [3.05, 3.63) is 0 Å². The molecule has 0 fully saturated rings. The average Bonchev–Trinajstić information content (AvgIpc) is 2.40. The Balaban J connectivity index is 4.37. The van der Waals surface area contributed by atoms with Gasteiger partial charge in [-0.15, -0.1) is 0 Å². The molecule has 0 radical (unpaired) electrons. The van der Waals surface area contributed by atoms with E-state index in [0.29, 0.717) is 0 Å². The molecule has 19 heavy (non-hydrogen) atoms. The first-order valence-corrected chi connectivity index (χ1v) is 12.9. The van der Waals surface area contributed by atoms with Crippen LogP contribution in [0.25, 0.3) is 0 Å². The van der Waals surface area contributed by atoms with Gasteiger partial charge in [0.05, 0.1) is 0 Å². The Bertz CT molecular complexity index is 162.